The van der Waals surface area contributed by atoms with Crippen LogP contribution in [0, 0.1) is 4.77 Å². The molecule has 0 atom stereocenters. The molecule has 1 heterocycles. The SMILES string of the molecule is Nn1c(-c2ccc(S(=O)(=O)c3ccccc3)cc2)n[nH]c1=S. The van der Waals surface area contributed by atoms with E-state index in [2.05, 4.69) is 10.2 Å². The average molecular weight is 332 g/mol. The highest BCUT2D eigenvalue weighted by atomic mass is 32.2. The lowest BCUT2D eigenvalue weighted by Gasteiger charge is -2.06. The molecule has 1 aromatic heterocycles. The third-order valence-electron chi connectivity index (χ3n) is 3.18. The van der Waals surface area contributed by atoms with Crippen molar-refractivity contribution in [3.05, 3.63) is 59.4 Å². The van der Waals surface area contributed by atoms with Crippen molar-refractivity contribution in [2.24, 2.45) is 0 Å². The number of nitrogens with one attached hydrogen (secondary N) is 1. The van der Waals surface area contributed by atoms with Crippen molar-refractivity contribution in [1.29, 1.82) is 0 Å². The summed E-state index contributed by atoms with van der Waals surface area (Å²) in [6.45, 7) is 0. The molecule has 6 nitrogen and oxygen atoms in total. The monoisotopic (exact) mass is 332 g/mol. The van der Waals surface area contributed by atoms with Crippen LogP contribution in [0.5, 0.6) is 0 Å². The molecule has 0 aliphatic rings. The summed E-state index contributed by atoms with van der Waals surface area (Å²) in [4.78, 5) is 0.462. The smallest absolute Gasteiger partial charge is 0.214 e. The van der Waals surface area contributed by atoms with Crippen molar-refractivity contribution in [2.75, 3.05) is 5.84 Å². The van der Waals surface area contributed by atoms with Gasteiger partial charge in [-0.15, -0.1) is 0 Å². The van der Waals surface area contributed by atoms with E-state index in [0.29, 0.717) is 11.4 Å². The highest BCUT2D eigenvalue weighted by Crippen LogP contribution is 2.23. The van der Waals surface area contributed by atoms with Crippen LogP contribution in [0.15, 0.2) is 64.4 Å². The van der Waals surface area contributed by atoms with Gasteiger partial charge in [0.1, 0.15) is 0 Å². The minimum atomic E-state index is -3.53. The zero-order valence-electron chi connectivity index (χ0n) is 11.3. The number of aromatic nitrogens is 3. The van der Waals surface area contributed by atoms with Crippen molar-refractivity contribution in [3.63, 3.8) is 0 Å². The van der Waals surface area contributed by atoms with E-state index in [1.807, 2.05) is 0 Å². The fraction of sp³-hybridized carbons (Fsp3) is 0. The molecule has 0 aliphatic heterocycles. The molecule has 0 radical (unpaired) electrons. The lowest BCUT2D eigenvalue weighted by Crippen LogP contribution is -2.10. The van der Waals surface area contributed by atoms with Gasteiger partial charge in [-0.25, -0.2) is 18.2 Å². The summed E-state index contributed by atoms with van der Waals surface area (Å²) >= 11 is 4.95. The Hall–Kier alpha value is -2.45. The van der Waals surface area contributed by atoms with Gasteiger partial charge in [-0.3, -0.25) is 0 Å². The third-order valence-corrected chi connectivity index (χ3v) is 5.25. The number of hydrogen-bond acceptors (Lipinski definition) is 5. The average Bonchev–Trinajstić information content (AvgIpc) is 2.88. The number of benzene rings is 2. The molecule has 3 aromatic rings. The van der Waals surface area contributed by atoms with Gasteiger partial charge in [-0.05, 0) is 48.6 Å². The summed E-state index contributed by atoms with van der Waals surface area (Å²) in [5.74, 6) is 6.19. The number of nitrogens with two attached hydrogens (primary N) is 1. The van der Waals surface area contributed by atoms with Gasteiger partial charge in [0.15, 0.2) is 5.82 Å². The van der Waals surface area contributed by atoms with Gasteiger partial charge in [-0.2, -0.15) is 5.10 Å². The molecule has 0 unspecified atom stereocenters. The zero-order chi connectivity index (χ0) is 15.7. The summed E-state index contributed by atoms with van der Waals surface area (Å²) in [6.07, 6.45) is 0. The maximum Gasteiger partial charge on any atom is 0.214 e. The molecule has 0 spiro atoms. The Morgan fingerprint density at radius 3 is 2.14 bits per heavy atom. The fourth-order valence-corrected chi connectivity index (χ4v) is 3.44. The van der Waals surface area contributed by atoms with Crippen LogP contribution in [-0.4, -0.2) is 23.3 Å². The Morgan fingerprint density at radius 1 is 1.00 bits per heavy atom. The van der Waals surface area contributed by atoms with Crippen LogP contribution in [0.4, 0.5) is 0 Å². The number of nitrogens with zero attached hydrogens (tertiary/aromatic N) is 2. The molecular weight excluding hydrogens is 320 g/mol. The second-order valence-electron chi connectivity index (χ2n) is 4.56. The standard InChI is InChI=1S/C14H12N4O2S2/c15-18-13(16-17-14(18)21)10-6-8-12(9-7-10)22(19,20)11-4-2-1-3-5-11/h1-9H,15H2,(H,17,21). The number of aromatic amines is 1. The first-order valence-corrected chi connectivity index (χ1v) is 8.22. The van der Waals surface area contributed by atoms with E-state index >= 15 is 0 Å². The van der Waals surface area contributed by atoms with E-state index in [1.54, 1.807) is 42.5 Å². The Balaban J connectivity index is 2.02. The molecule has 0 saturated heterocycles. The maximum absolute atomic E-state index is 12.5. The van der Waals surface area contributed by atoms with E-state index in [-0.39, 0.29) is 14.6 Å². The Kier molecular flexibility index (Phi) is 3.55. The quantitative estimate of drug-likeness (QED) is 0.566. The highest BCUT2D eigenvalue weighted by Gasteiger charge is 2.17. The third kappa shape index (κ3) is 2.42. The molecule has 0 fully saturated rings. The van der Waals surface area contributed by atoms with Crippen LogP contribution in [-0.2, 0) is 9.84 Å². The van der Waals surface area contributed by atoms with Crippen molar-refractivity contribution >= 4 is 22.1 Å². The summed E-state index contributed by atoms with van der Waals surface area (Å²) in [5, 5.41) is 6.59. The lowest BCUT2D eigenvalue weighted by atomic mass is 10.2. The zero-order valence-corrected chi connectivity index (χ0v) is 12.9. The van der Waals surface area contributed by atoms with Crippen LogP contribution >= 0.6 is 12.2 Å². The minimum Gasteiger partial charge on any atom is -0.335 e. The van der Waals surface area contributed by atoms with Crippen molar-refractivity contribution < 1.29 is 8.42 Å². The summed E-state index contributed by atoms with van der Waals surface area (Å²) in [6, 6.07) is 14.6. The molecule has 3 N–H and O–H groups in total. The number of rotatable bonds is 3. The van der Waals surface area contributed by atoms with E-state index in [9.17, 15) is 8.42 Å². The molecule has 0 amide bonds. The second kappa shape index (κ2) is 5.39. The largest absolute Gasteiger partial charge is 0.335 e. The molecule has 0 saturated carbocycles. The number of sulfone groups is 1. The molecule has 22 heavy (non-hydrogen) atoms. The van der Waals surface area contributed by atoms with E-state index < -0.39 is 9.84 Å². The number of hydrogen-bond donors (Lipinski definition) is 2. The number of nitrogen functional groups attached to an aromatic ring is 1. The van der Waals surface area contributed by atoms with E-state index in [4.69, 9.17) is 18.1 Å². The van der Waals surface area contributed by atoms with Gasteiger partial charge in [0.05, 0.1) is 9.79 Å². The molecular formula is C14H12N4O2S2. The summed E-state index contributed by atoms with van der Waals surface area (Å²) < 4.78 is 26.5. The Morgan fingerprint density at radius 2 is 1.59 bits per heavy atom. The second-order valence-corrected chi connectivity index (χ2v) is 6.90. The van der Waals surface area contributed by atoms with Crippen molar-refractivity contribution in [1.82, 2.24) is 14.9 Å². The van der Waals surface area contributed by atoms with Gasteiger partial charge in [0, 0.05) is 5.56 Å². The van der Waals surface area contributed by atoms with Gasteiger partial charge in [-0.1, -0.05) is 18.2 Å². The van der Waals surface area contributed by atoms with E-state index in [1.165, 1.54) is 16.8 Å². The van der Waals surface area contributed by atoms with Crippen LogP contribution in [0.3, 0.4) is 0 Å². The lowest BCUT2D eigenvalue weighted by molar-refractivity contribution is 0.596. The van der Waals surface area contributed by atoms with Crippen molar-refractivity contribution in [3.8, 4) is 11.4 Å². The fourth-order valence-electron chi connectivity index (χ4n) is 2.03. The van der Waals surface area contributed by atoms with Crippen LogP contribution in [0.2, 0.25) is 0 Å². The van der Waals surface area contributed by atoms with Crippen molar-refractivity contribution in [2.45, 2.75) is 9.79 Å². The van der Waals surface area contributed by atoms with E-state index in [0.717, 1.165) is 0 Å². The topological polar surface area (TPSA) is 93.8 Å². The molecule has 0 bridgehead atoms. The molecule has 0 aliphatic carbocycles. The predicted molar refractivity (Wildman–Crippen MR) is 84.9 cm³/mol. The normalized spacial score (nSPS) is 11.5. The van der Waals surface area contributed by atoms with Gasteiger partial charge in [0.2, 0.25) is 14.6 Å². The first-order valence-electron chi connectivity index (χ1n) is 6.33. The minimum absolute atomic E-state index is 0.208. The molecule has 112 valence electrons. The first-order chi connectivity index (χ1) is 10.5. The van der Waals surface area contributed by atoms with Gasteiger partial charge >= 0.3 is 0 Å². The van der Waals surface area contributed by atoms with Gasteiger partial charge in [0.25, 0.3) is 0 Å². The molecule has 8 heteroatoms. The first kappa shape index (κ1) is 14.5. The maximum atomic E-state index is 12.5. The van der Waals surface area contributed by atoms with Crippen LogP contribution in [0.1, 0.15) is 0 Å². The van der Waals surface area contributed by atoms with Crippen LogP contribution < -0.4 is 5.84 Å². The van der Waals surface area contributed by atoms with Crippen LogP contribution in [0.25, 0.3) is 11.4 Å². The Labute approximate surface area is 132 Å². The van der Waals surface area contributed by atoms with Gasteiger partial charge < -0.3 is 5.84 Å². The summed E-state index contributed by atoms with van der Waals surface area (Å²) in [5.41, 5.74) is 0.668. The number of H-pyrrole nitrogens is 1. The summed E-state index contributed by atoms with van der Waals surface area (Å²) in [7, 11) is -3.53. The Bertz CT molecular complexity index is 958. The predicted octanol–water partition coefficient (Wildman–Crippen LogP) is 2.15. The highest BCUT2D eigenvalue weighted by molar-refractivity contribution is 7.91. The molecule has 3 rings (SSSR count). The molecule has 2 aromatic carbocycles.